The van der Waals surface area contributed by atoms with Gasteiger partial charge in [0.15, 0.2) is 5.82 Å². The van der Waals surface area contributed by atoms with Crippen LogP contribution in [-0.2, 0) is 0 Å². The van der Waals surface area contributed by atoms with Crippen LogP contribution in [0, 0.1) is 5.95 Å². The second-order valence-corrected chi connectivity index (χ2v) is 6.15. The van der Waals surface area contributed by atoms with Gasteiger partial charge in [-0.1, -0.05) is 48.0 Å². The fraction of sp³-hybridized carbons (Fsp3) is 0. The SMILES string of the molecule is O=C(Nc1ccc(F)nn1)c1cc(-c2ccccc2Cl)nc2ccccc12. The molecule has 0 aliphatic heterocycles. The van der Waals surface area contributed by atoms with Crippen LogP contribution >= 0.6 is 11.6 Å². The van der Waals surface area contributed by atoms with Crippen LogP contribution in [0.5, 0.6) is 0 Å². The van der Waals surface area contributed by atoms with Crippen molar-refractivity contribution in [3.63, 3.8) is 0 Å². The molecule has 0 bridgehead atoms. The van der Waals surface area contributed by atoms with Crippen molar-refractivity contribution in [2.45, 2.75) is 0 Å². The number of benzene rings is 2. The second-order valence-electron chi connectivity index (χ2n) is 5.75. The van der Waals surface area contributed by atoms with Gasteiger partial charge in [0.05, 0.1) is 16.8 Å². The first-order chi connectivity index (χ1) is 13.1. The maximum absolute atomic E-state index is 12.9. The molecular formula is C20H12ClFN4O. The van der Waals surface area contributed by atoms with Gasteiger partial charge < -0.3 is 5.32 Å². The van der Waals surface area contributed by atoms with E-state index < -0.39 is 11.9 Å². The molecule has 1 N–H and O–H groups in total. The highest BCUT2D eigenvalue weighted by atomic mass is 35.5. The van der Waals surface area contributed by atoms with Crippen molar-refractivity contribution in [1.82, 2.24) is 15.2 Å². The number of hydrogen-bond acceptors (Lipinski definition) is 4. The van der Waals surface area contributed by atoms with Gasteiger partial charge in [-0.3, -0.25) is 4.79 Å². The molecule has 0 aliphatic rings. The van der Waals surface area contributed by atoms with Gasteiger partial charge in [-0.15, -0.1) is 10.2 Å². The molecule has 5 nitrogen and oxygen atoms in total. The van der Waals surface area contributed by atoms with Crippen molar-refractivity contribution < 1.29 is 9.18 Å². The van der Waals surface area contributed by atoms with E-state index in [4.69, 9.17) is 11.6 Å². The Labute approximate surface area is 158 Å². The third kappa shape index (κ3) is 3.47. The van der Waals surface area contributed by atoms with Crippen LogP contribution in [0.15, 0.2) is 66.7 Å². The van der Waals surface area contributed by atoms with Crippen LogP contribution in [0.3, 0.4) is 0 Å². The molecule has 132 valence electrons. The lowest BCUT2D eigenvalue weighted by Gasteiger charge is -2.11. The van der Waals surface area contributed by atoms with Crippen molar-refractivity contribution in [3.05, 3.63) is 83.3 Å². The number of amides is 1. The number of anilines is 1. The molecular weight excluding hydrogens is 367 g/mol. The largest absolute Gasteiger partial charge is 0.305 e. The predicted molar refractivity (Wildman–Crippen MR) is 102 cm³/mol. The van der Waals surface area contributed by atoms with Gasteiger partial charge in [0.2, 0.25) is 5.95 Å². The number of nitrogens with zero attached hydrogens (tertiary/aromatic N) is 3. The molecule has 0 aliphatic carbocycles. The number of halogens is 2. The number of carbonyl (C=O) groups is 1. The summed E-state index contributed by atoms with van der Waals surface area (Å²) >= 11 is 6.29. The van der Waals surface area contributed by atoms with Gasteiger partial charge in [0, 0.05) is 16.0 Å². The Balaban J connectivity index is 1.82. The number of aromatic nitrogens is 3. The Hall–Kier alpha value is -3.38. The first kappa shape index (κ1) is 17.1. The summed E-state index contributed by atoms with van der Waals surface area (Å²) in [6.07, 6.45) is 0. The fourth-order valence-electron chi connectivity index (χ4n) is 2.74. The summed E-state index contributed by atoms with van der Waals surface area (Å²) in [7, 11) is 0. The zero-order valence-electron chi connectivity index (χ0n) is 13.9. The van der Waals surface area contributed by atoms with E-state index in [2.05, 4.69) is 20.5 Å². The number of fused-ring (bicyclic) bond motifs is 1. The van der Waals surface area contributed by atoms with Crippen LogP contribution in [0.2, 0.25) is 5.02 Å². The Morgan fingerprint density at radius 1 is 0.963 bits per heavy atom. The smallest absolute Gasteiger partial charge is 0.257 e. The average molecular weight is 379 g/mol. The Morgan fingerprint density at radius 2 is 1.74 bits per heavy atom. The topological polar surface area (TPSA) is 67.8 Å². The first-order valence-electron chi connectivity index (χ1n) is 8.07. The standard InChI is InChI=1S/C20H12ClFN4O/c21-15-7-3-1-6-13(15)17-11-14(12-5-2-4-8-16(12)23-17)20(27)24-19-10-9-18(22)25-26-19/h1-11H,(H,24,26,27). The third-order valence-electron chi connectivity index (χ3n) is 3.98. The molecule has 2 aromatic heterocycles. The summed E-state index contributed by atoms with van der Waals surface area (Å²) in [5.41, 5.74) is 2.36. The normalized spacial score (nSPS) is 10.7. The van der Waals surface area contributed by atoms with Crippen molar-refractivity contribution >= 4 is 34.2 Å². The zero-order chi connectivity index (χ0) is 18.8. The van der Waals surface area contributed by atoms with E-state index in [0.717, 1.165) is 11.6 Å². The van der Waals surface area contributed by atoms with E-state index in [1.807, 2.05) is 42.5 Å². The molecule has 4 rings (SSSR count). The number of carbonyl (C=O) groups excluding carboxylic acids is 1. The van der Waals surface area contributed by atoms with Crippen LogP contribution in [0.25, 0.3) is 22.2 Å². The quantitative estimate of drug-likeness (QED) is 0.559. The van der Waals surface area contributed by atoms with Gasteiger partial charge in [0.25, 0.3) is 5.91 Å². The molecule has 0 saturated carbocycles. The highest BCUT2D eigenvalue weighted by molar-refractivity contribution is 6.33. The number of hydrogen-bond donors (Lipinski definition) is 1. The van der Waals surface area contributed by atoms with Crippen LogP contribution in [0.1, 0.15) is 10.4 Å². The lowest BCUT2D eigenvalue weighted by molar-refractivity contribution is 0.102. The van der Waals surface area contributed by atoms with Gasteiger partial charge in [-0.05, 0) is 30.3 Å². The van der Waals surface area contributed by atoms with Crippen molar-refractivity contribution in [2.75, 3.05) is 5.32 Å². The predicted octanol–water partition coefficient (Wildman–Crippen LogP) is 4.74. The number of rotatable bonds is 3. The summed E-state index contributed by atoms with van der Waals surface area (Å²) in [5, 5.41) is 10.8. The molecule has 0 atom stereocenters. The van der Waals surface area contributed by atoms with Crippen molar-refractivity contribution in [2.24, 2.45) is 0 Å². The molecule has 0 radical (unpaired) electrons. The van der Waals surface area contributed by atoms with Gasteiger partial charge >= 0.3 is 0 Å². The van der Waals surface area contributed by atoms with Crippen LogP contribution in [0.4, 0.5) is 10.2 Å². The Kier molecular flexibility index (Phi) is 4.48. The summed E-state index contributed by atoms with van der Waals surface area (Å²) in [5.74, 6) is -0.965. The average Bonchev–Trinajstić information content (AvgIpc) is 2.69. The number of para-hydroxylation sites is 1. The molecule has 0 saturated heterocycles. The molecule has 27 heavy (non-hydrogen) atoms. The van der Waals surface area contributed by atoms with E-state index >= 15 is 0 Å². The second kappa shape index (κ2) is 7.09. The van der Waals surface area contributed by atoms with Crippen molar-refractivity contribution in [1.29, 1.82) is 0 Å². The number of nitrogens with one attached hydrogen (secondary N) is 1. The van der Waals surface area contributed by atoms with Crippen LogP contribution in [-0.4, -0.2) is 21.1 Å². The lowest BCUT2D eigenvalue weighted by Crippen LogP contribution is -2.14. The maximum atomic E-state index is 12.9. The summed E-state index contributed by atoms with van der Waals surface area (Å²) in [4.78, 5) is 17.5. The molecule has 2 heterocycles. The Morgan fingerprint density at radius 3 is 2.52 bits per heavy atom. The minimum Gasteiger partial charge on any atom is -0.305 e. The Bertz CT molecular complexity index is 1150. The summed E-state index contributed by atoms with van der Waals surface area (Å²) in [6, 6.07) is 18.7. The summed E-state index contributed by atoms with van der Waals surface area (Å²) < 4.78 is 12.9. The minimum atomic E-state index is -0.719. The van der Waals surface area contributed by atoms with E-state index in [0.29, 0.717) is 27.2 Å². The monoisotopic (exact) mass is 378 g/mol. The number of pyridine rings is 1. The molecule has 0 spiro atoms. The molecule has 1 amide bonds. The molecule has 4 aromatic rings. The van der Waals surface area contributed by atoms with E-state index in [9.17, 15) is 9.18 Å². The lowest BCUT2D eigenvalue weighted by atomic mass is 10.0. The zero-order valence-corrected chi connectivity index (χ0v) is 14.6. The third-order valence-corrected chi connectivity index (χ3v) is 4.31. The molecule has 2 aromatic carbocycles. The van der Waals surface area contributed by atoms with Crippen LogP contribution < -0.4 is 5.32 Å². The van der Waals surface area contributed by atoms with E-state index in [1.165, 1.54) is 6.07 Å². The van der Waals surface area contributed by atoms with Gasteiger partial charge in [-0.25, -0.2) is 4.98 Å². The minimum absolute atomic E-state index is 0.154. The van der Waals surface area contributed by atoms with Gasteiger partial charge in [-0.2, -0.15) is 4.39 Å². The highest BCUT2D eigenvalue weighted by Gasteiger charge is 2.16. The summed E-state index contributed by atoms with van der Waals surface area (Å²) in [6.45, 7) is 0. The van der Waals surface area contributed by atoms with Crippen molar-refractivity contribution in [3.8, 4) is 11.3 Å². The van der Waals surface area contributed by atoms with E-state index in [-0.39, 0.29) is 5.82 Å². The molecule has 0 unspecified atom stereocenters. The molecule has 7 heteroatoms. The first-order valence-corrected chi connectivity index (χ1v) is 8.45. The molecule has 0 fully saturated rings. The fourth-order valence-corrected chi connectivity index (χ4v) is 2.97. The van der Waals surface area contributed by atoms with Gasteiger partial charge in [0.1, 0.15) is 0 Å². The maximum Gasteiger partial charge on any atom is 0.257 e. The highest BCUT2D eigenvalue weighted by Crippen LogP contribution is 2.30. The van der Waals surface area contributed by atoms with E-state index in [1.54, 1.807) is 12.1 Å².